The van der Waals surface area contributed by atoms with E-state index in [1.807, 2.05) is 0 Å². The van der Waals surface area contributed by atoms with E-state index in [-0.39, 0.29) is 5.69 Å². The Bertz CT molecular complexity index is 1080. The van der Waals surface area contributed by atoms with Crippen molar-refractivity contribution in [2.75, 3.05) is 5.32 Å². The molecule has 2 aromatic heterocycles. The normalized spacial score (nSPS) is 13.1. The van der Waals surface area contributed by atoms with Gasteiger partial charge in [-0.2, -0.15) is 5.26 Å². The Morgan fingerprint density at radius 2 is 2.04 bits per heavy atom. The number of aromatic nitrogens is 1. The number of carbonyl (C=O) groups is 1. The number of carbonyl (C=O) groups excluding carboxylic acids is 1. The molecule has 3 aromatic rings. The third kappa shape index (κ3) is 3.46. The van der Waals surface area contributed by atoms with Crippen molar-refractivity contribution in [3.63, 3.8) is 0 Å². The summed E-state index contributed by atoms with van der Waals surface area (Å²) >= 11 is 13.4. The molecule has 0 spiro atoms. The molecule has 1 amide bonds. The van der Waals surface area contributed by atoms with Crippen LogP contribution in [-0.2, 0) is 12.8 Å². The number of amides is 1. The van der Waals surface area contributed by atoms with E-state index in [1.165, 1.54) is 22.3 Å². The van der Waals surface area contributed by atoms with Gasteiger partial charge < -0.3 is 9.84 Å². The van der Waals surface area contributed by atoms with E-state index in [9.17, 15) is 10.1 Å². The van der Waals surface area contributed by atoms with Gasteiger partial charge in [-0.15, -0.1) is 11.3 Å². The second kappa shape index (κ2) is 7.35. The van der Waals surface area contributed by atoms with E-state index in [4.69, 9.17) is 27.7 Å². The van der Waals surface area contributed by atoms with Gasteiger partial charge >= 0.3 is 0 Å². The third-order valence-corrected chi connectivity index (χ3v) is 6.40. The maximum Gasteiger partial charge on any atom is 0.278 e. The van der Waals surface area contributed by atoms with Crippen LogP contribution in [-0.4, -0.2) is 11.1 Å². The number of hydrogen-bond acceptors (Lipinski definition) is 5. The second-order valence-electron chi connectivity index (χ2n) is 6.19. The van der Waals surface area contributed by atoms with Crippen LogP contribution in [0.2, 0.25) is 10.0 Å². The molecular weight excluding hydrogens is 405 g/mol. The Morgan fingerprint density at radius 3 is 2.81 bits per heavy atom. The highest BCUT2D eigenvalue weighted by atomic mass is 35.5. The number of benzene rings is 1. The second-order valence-corrected chi connectivity index (χ2v) is 8.11. The van der Waals surface area contributed by atoms with Crippen LogP contribution < -0.4 is 5.32 Å². The molecule has 136 valence electrons. The first-order valence-electron chi connectivity index (χ1n) is 8.35. The molecule has 1 N–H and O–H groups in total. The minimum absolute atomic E-state index is 0.131. The fraction of sp³-hybridized carbons (Fsp3) is 0.211. The lowest BCUT2D eigenvalue weighted by Crippen LogP contribution is -2.12. The van der Waals surface area contributed by atoms with E-state index in [0.29, 0.717) is 31.9 Å². The number of nitriles is 1. The van der Waals surface area contributed by atoms with Gasteiger partial charge in [0.2, 0.25) is 0 Å². The summed E-state index contributed by atoms with van der Waals surface area (Å²) < 4.78 is 5.27. The van der Waals surface area contributed by atoms with Gasteiger partial charge in [0.25, 0.3) is 5.91 Å². The van der Waals surface area contributed by atoms with Gasteiger partial charge in [-0.05, 0) is 49.4 Å². The molecule has 1 aliphatic carbocycles. The number of nitrogens with one attached hydrogen (secondary N) is 1. The molecule has 1 aliphatic rings. The Hall–Kier alpha value is -2.33. The molecular formula is C19H13Cl2N3O2S. The van der Waals surface area contributed by atoms with Gasteiger partial charge in [0, 0.05) is 16.5 Å². The van der Waals surface area contributed by atoms with Crippen LogP contribution in [0.5, 0.6) is 0 Å². The molecule has 1 aromatic carbocycles. The van der Waals surface area contributed by atoms with Crippen molar-refractivity contribution in [1.82, 2.24) is 5.16 Å². The van der Waals surface area contributed by atoms with Crippen molar-refractivity contribution in [3.05, 3.63) is 56.0 Å². The SMILES string of the molecule is N#Cc1c(NC(=O)c2cc(-c3ccc(Cl)c(Cl)c3)on2)sc2c1CCCC2. The fourth-order valence-corrected chi connectivity index (χ4v) is 4.64. The van der Waals surface area contributed by atoms with E-state index < -0.39 is 5.91 Å². The lowest BCUT2D eigenvalue weighted by molar-refractivity contribution is 0.101. The van der Waals surface area contributed by atoms with Gasteiger partial charge in [0.15, 0.2) is 11.5 Å². The molecule has 8 heteroatoms. The number of fused-ring (bicyclic) bond motifs is 1. The van der Waals surface area contributed by atoms with Crippen LogP contribution in [0.4, 0.5) is 5.00 Å². The van der Waals surface area contributed by atoms with Gasteiger partial charge in [-0.3, -0.25) is 4.79 Å². The minimum atomic E-state index is -0.417. The molecule has 0 radical (unpaired) electrons. The number of nitrogens with zero attached hydrogens (tertiary/aromatic N) is 2. The quantitative estimate of drug-likeness (QED) is 0.591. The topological polar surface area (TPSA) is 78.9 Å². The van der Waals surface area contributed by atoms with Crippen molar-refractivity contribution in [2.45, 2.75) is 25.7 Å². The van der Waals surface area contributed by atoms with Crippen LogP contribution >= 0.6 is 34.5 Å². The number of hydrogen-bond donors (Lipinski definition) is 1. The summed E-state index contributed by atoms with van der Waals surface area (Å²) in [6, 6.07) is 8.79. The molecule has 5 nitrogen and oxygen atoms in total. The highest BCUT2D eigenvalue weighted by Gasteiger charge is 2.23. The molecule has 0 saturated carbocycles. The van der Waals surface area contributed by atoms with Gasteiger partial charge in [-0.1, -0.05) is 28.4 Å². The molecule has 0 aliphatic heterocycles. The molecule has 0 unspecified atom stereocenters. The highest BCUT2D eigenvalue weighted by molar-refractivity contribution is 7.16. The van der Waals surface area contributed by atoms with Crippen molar-refractivity contribution in [2.24, 2.45) is 0 Å². The summed E-state index contributed by atoms with van der Waals surface area (Å²) in [5.41, 5.74) is 2.43. The largest absolute Gasteiger partial charge is 0.355 e. The zero-order chi connectivity index (χ0) is 19.0. The predicted molar refractivity (Wildman–Crippen MR) is 106 cm³/mol. The summed E-state index contributed by atoms with van der Waals surface area (Å²) in [7, 11) is 0. The summed E-state index contributed by atoms with van der Waals surface area (Å²) in [4.78, 5) is 13.8. The number of anilines is 1. The maximum atomic E-state index is 12.6. The standard InChI is InChI=1S/C19H13Cl2N3O2S/c20-13-6-5-10(7-14(13)21)16-8-15(24-26-16)18(25)23-19-12(9-22)11-3-1-2-4-17(11)27-19/h5-8H,1-4H2,(H,23,25). The summed E-state index contributed by atoms with van der Waals surface area (Å²) in [6.07, 6.45) is 4.02. The van der Waals surface area contributed by atoms with E-state index >= 15 is 0 Å². The molecule has 0 bridgehead atoms. The zero-order valence-electron chi connectivity index (χ0n) is 14.0. The number of halogens is 2. The van der Waals surface area contributed by atoms with E-state index in [1.54, 1.807) is 18.2 Å². The maximum absolute atomic E-state index is 12.6. The Kier molecular flexibility index (Phi) is 4.92. The predicted octanol–water partition coefficient (Wildman–Crippen LogP) is 5.71. The average Bonchev–Trinajstić information content (AvgIpc) is 3.28. The zero-order valence-corrected chi connectivity index (χ0v) is 16.3. The van der Waals surface area contributed by atoms with Gasteiger partial charge in [0.1, 0.15) is 11.1 Å². The average molecular weight is 418 g/mol. The van der Waals surface area contributed by atoms with E-state index in [0.717, 1.165) is 31.2 Å². The molecule has 27 heavy (non-hydrogen) atoms. The van der Waals surface area contributed by atoms with Crippen LogP contribution in [0.15, 0.2) is 28.8 Å². The third-order valence-electron chi connectivity index (χ3n) is 4.46. The first kappa shape index (κ1) is 18.1. The van der Waals surface area contributed by atoms with Crippen LogP contribution in [0.3, 0.4) is 0 Å². The molecule has 0 fully saturated rings. The van der Waals surface area contributed by atoms with Crippen LogP contribution in [0.25, 0.3) is 11.3 Å². The highest BCUT2D eigenvalue weighted by Crippen LogP contribution is 2.38. The lowest BCUT2D eigenvalue weighted by Gasteiger charge is -2.09. The Morgan fingerprint density at radius 1 is 1.22 bits per heavy atom. The van der Waals surface area contributed by atoms with Gasteiger partial charge in [-0.25, -0.2) is 0 Å². The molecule has 4 rings (SSSR count). The first-order chi connectivity index (χ1) is 13.1. The number of aryl methyl sites for hydroxylation is 1. The van der Waals surface area contributed by atoms with Crippen LogP contribution in [0, 0.1) is 11.3 Å². The van der Waals surface area contributed by atoms with Crippen molar-refractivity contribution in [3.8, 4) is 17.4 Å². The van der Waals surface area contributed by atoms with Crippen molar-refractivity contribution in [1.29, 1.82) is 5.26 Å². The number of thiophene rings is 1. The Labute approximate surface area is 169 Å². The summed E-state index contributed by atoms with van der Waals surface area (Å²) in [5, 5.41) is 17.5. The van der Waals surface area contributed by atoms with Crippen molar-refractivity contribution >= 4 is 45.4 Å². The van der Waals surface area contributed by atoms with Crippen LogP contribution in [0.1, 0.15) is 39.3 Å². The fourth-order valence-electron chi connectivity index (χ4n) is 3.11. The smallest absolute Gasteiger partial charge is 0.278 e. The molecule has 0 atom stereocenters. The summed E-state index contributed by atoms with van der Waals surface area (Å²) in [6.45, 7) is 0. The lowest BCUT2D eigenvalue weighted by atomic mass is 9.96. The van der Waals surface area contributed by atoms with Gasteiger partial charge in [0.05, 0.1) is 15.6 Å². The Balaban J connectivity index is 1.58. The summed E-state index contributed by atoms with van der Waals surface area (Å²) in [5.74, 6) is -0.00939. The molecule has 2 heterocycles. The first-order valence-corrected chi connectivity index (χ1v) is 9.92. The molecule has 0 saturated heterocycles. The van der Waals surface area contributed by atoms with E-state index in [2.05, 4.69) is 16.5 Å². The number of rotatable bonds is 3. The minimum Gasteiger partial charge on any atom is -0.355 e. The van der Waals surface area contributed by atoms with Crippen molar-refractivity contribution < 1.29 is 9.32 Å². The monoisotopic (exact) mass is 417 g/mol.